The van der Waals surface area contributed by atoms with E-state index in [9.17, 15) is 0 Å². The van der Waals surface area contributed by atoms with Crippen LogP contribution in [0.15, 0.2) is 0 Å². The summed E-state index contributed by atoms with van der Waals surface area (Å²) in [6.45, 7) is 10.2. The molecule has 0 nitrogen and oxygen atoms in total. The first-order valence-corrected chi connectivity index (χ1v) is 7.13. The fraction of sp³-hybridized carbons (Fsp3) is 1.00. The van der Waals surface area contributed by atoms with Crippen LogP contribution in [0.1, 0.15) is 34.1 Å². The van der Waals surface area contributed by atoms with Crippen LogP contribution in [0.25, 0.3) is 0 Å². The molecule has 5 aliphatic rings. The van der Waals surface area contributed by atoms with E-state index in [1.807, 2.05) is 0 Å². The molecule has 0 aromatic carbocycles. The molecule has 10 unspecified atom stereocenters. The van der Waals surface area contributed by atoms with Crippen molar-refractivity contribution in [1.82, 2.24) is 0 Å². The minimum Gasteiger partial charge on any atom is -0.0620 e. The maximum atomic E-state index is 2.57. The Bertz CT molecular complexity index is 295. The normalized spacial score (nSPS) is 74.4. The van der Waals surface area contributed by atoms with Gasteiger partial charge in [-0.3, -0.25) is 0 Å². The first-order valence-electron chi connectivity index (χ1n) is 7.13. The van der Waals surface area contributed by atoms with Crippen LogP contribution in [0.2, 0.25) is 0 Å². The highest BCUT2D eigenvalue weighted by molar-refractivity contribution is 5.18. The first kappa shape index (κ1) is 9.07. The predicted octanol–water partition coefficient (Wildman–Crippen LogP) is 3.67. The summed E-state index contributed by atoms with van der Waals surface area (Å²) in [5, 5.41) is 0. The molecule has 0 N–H and O–H groups in total. The summed E-state index contributed by atoms with van der Waals surface area (Å²) in [5.41, 5.74) is 0. The van der Waals surface area contributed by atoms with Crippen LogP contribution in [-0.2, 0) is 0 Å². The molecule has 0 amide bonds. The molecule has 0 radical (unpaired) electrons. The summed E-state index contributed by atoms with van der Waals surface area (Å²) in [6.07, 6.45) is 1.59. The molecule has 0 saturated heterocycles. The third-order valence-corrected chi connectivity index (χ3v) is 7.43. The van der Waals surface area contributed by atoms with Crippen LogP contribution in [0.3, 0.4) is 0 Å². The van der Waals surface area contributed by atoms with E-state index >= 15 is 0 Å². The van der Waals surface area contributed by atoms with Gasteiger partial charge in [0.25, 0.3) is 0 Å². The average molecular weight is 204 g/mol. The summed E-state index contributed by atoms with van der Waals surface area (Å²) >= 11 is 0. The van der Waals surface area contributed by atoms with Crippen LogP contribution < -0.4 is 0 Å². The van der Waals surface area contributed by atoms with Crippen LogP contribution in [0, 0.1) is 59.2 Å². The zero-order valence-electron chi connectivity index (χ0n) is 10.5. The van der Waals surface area contributed by atoms with Gasteiger partial charge >= 0.3 is 0 Å². The Kier molecular flexibility index (Phi) is 1.49. The van der Waals surface area contributed by atoms with Crippen molar-refractivity contribution in [2.24, 2.45) is 59.2 Å². The second kappa shape index (κ2) is 2.46. The molecule has 5 aliphatic carbocycles. The summed E-state index contributed by atoms with van der Waals surface area (Å²) in [6, 6.07) is 0. The summed E-state index contributed by atoms with van der Waals surface area (Å²) in [7, 11) is 0. The number of hydrogen-bond donors (Lipinski definition) is 0. The lowest BCUT2D eigenvalue weighted by Gasteiger charge is -2.68. The number of rotatable bonds is 0. The minimum absolute atomic E-state index is 1.05. The van der Waals surface area contributed by atoms with Gasteiger partial charge in [-0.1, -0.05) is 27.7 Å². The van der Waals surface area contributed by atoms with Crippen LogP contribution in [0.5, 0.6) is 0 Å². The zero-order chi connectivity index (χ0) is 10.5. The van der Waals surface area contributed by atoms with E-state index in [4.69, 9.17) is 0 Å². The zero-order valence-corrected chi connectivity index (χ0v) is 10.5. The third kappa shape index (κ3) is 0.746. The Morgan fingerprint density at radius 1 is 0.533 bits per heavy atom. The van der Waals surface area contributed by atoms with Crippen molar-refractivity contribution in [2.75, 3.05) is 0 Å². The van der Waals surface area contributed by atoms with Crippen molar-refractivity contribution in [3.63, 3.8) is 0 Å². The summed E-state index contributed by atoms with van der Waals surface area (Å²) in [4.78, 5) is 0. The van der Waals surface area contributed by atoms with E-state index < -0.39 is 0 Å². The van der Waals surface area contributed by atoms with Crippen LogP contribution in [0.4, 0.5) is 0 Å². The Hall–Kier alpha value is 0. The van der Waals surface area contributed by atoms with Crippen LogP contribution >= 0.6 is 0 Å². The molecule has 10 atom stereocenters. The summed E-state index contributed by atoms with van der Waals surface area (Å²) < 4.78 is 0. The van der Waals surface area contributed by atoms with Crippen molar-refractivity contribution in [2.45, 2.75) is 34.1 Å². The molecule has 5 fully saturated rings. The monoisotopic (exact) mass is 204 g/mol. The minimum atomic E-state index is 1.05. The molecule has 2 bridgehead atoms. The second-order valence-electron chi connectivity index (χ2n) is 7.31. The van der Waals surface area contributed by atoms with Gasteiger partial charge in [0, 0.05) is 0 Å². The maximum absolute atomic E-state index is 2.57. The highest BCUT2D eigenvalue weighted by atomic mass is 14.8. The first-order chi connectivity index (χ1) is 7.13. The molecule has 0 aliphatic heterocycles. The third-order valence-electron chi connectivity index (χ3n) is 7.43. The van der Waals surface area contributed by atoms with Crippen molar-refractivity contribution in [1.29, 1.82) is 0 Å². The van der Waals surface area contributed by atoms with Gasteiger partial charge in [0.2, 0.25) is 0 Å². The summed E-state index contributed by atoms with van der Waals surface area (Å²) in [5.74, 6) is 11.0. The van der Waals surface area contributed by atoms with Gasteiger partial charge in [0.1, 0.15) is 0 Å². The van der Waals surface area contributed by atoms with Gasteiger partial charge in [0.15, 0.2) is 0 Å². The molecule has 0 aromatic heterocycles. The average Bonchev–Trinajstić information content (AvgIpc) is 2.28. The van der Waals surface area contributed by atoms with Gasteiger partial charge in [-0.2, -0.15) is 0 Å². The van der Waals surface area contributed by atoms with Gasteiger partial charge in [0.05, 0.1) is 0 Å². The van der Waals surface area contributed by atoms with Crippen molar-refractivity contribution in [3.05, 3.63) is 0 Å². The molecule has 5 rings (SSSR count). The molecular formula is C15H24. The smallest absolute Gasteiger partial charge is 0.0313 e. The van der Waals surface area contributed by atoms with Gasteiger partial charge < -0.3 is 0 Å². The van der Waals surface area contributed by atoms with E-state index in [1.165, 1.54) is 5.92 Å². The molecule has 15 heavy (non-hydrogen) atoms. The quantitative estimate of drug-likeness (QED) is 0.565. The lowest BCUT2D eigenvalue weighted by atomic mass is 9.36. The molecule has 0 heteroatoms. The lowest BCUT2D eigenvalue weighted by molar-refractivity contribution is -0.212. The molecule has 84 valence electrons. The van der Waals surface area contributed by atoms with E-state index in [-0.39, 0.29) is 0 Å². The predicted molar refractivity (Wildman–Crippen MR) is 62.2 cm³/mol. The highest BCUT2D eigenvalue weighted by Gasteiger charge is 2.70. The van der Waals surface area contributed by atoms with E-state index in [1.54, 1.807) is 6.42 Å². The maximum Gasteiger partial charge on any atom is -0.0313 e. The topological polar surface area (TPSA) is 0 Å². The van der Waals surface area contributed by atoms with Crippen molar-refractivity contribution in [3.8, 4) is 0 Å². The molecule has 0 spiro atoms. The molecular weight excluding hydrogens is 180 g/mol. The SMILES string of the molecule is CC1C2CC1C1C(C)C3C(C)C(C2C)C31. The fourth-order valence-electron chi connectivity index (χ4n) is 6.73. The van der Waals surface area contributed by atoms with E-state index in [0.717, 1.165) is 53.3 Å². The largest absolute Gasteiger partial charge is 0.0620 e. The standard InChI is InChI=1S/C15H24/c1-6-10-5-11(6)14-9(4)13-8(3)12(7(10)2)15(13)14/h6-15H,5H2,1-4H3. The Morgan fingerprint density at radius 2 is 1.13 bits per heavy atom. The van der Waals surface area contributed by atoms with Crippen molar-refractivity contribution < 1.29 is 0 Å². The van der Waals surface area contributed by atoms with Crippen molar-refractivity contribution >= 4 is 0 Å². The molecule has 0 heterocycles. The second-order valence-corrected chi connectivity index (χ2v) is 7.31. The van der Waals surface area contributed by atoms with Gasteiger partial charge in [-0.15, -0.1) is 0 Å². The van der Waals surface area contributed by atoms with E-state index in [2.05, 4.69) is 27.7 Å². The van der Waals surface area contributed by atoms with Gasteiger partial charge in [-0.05, 0) is 65.6 Å². The Labute approximate surface area is 93.8 Å². The molecule has 5 saturated carbocycles. The van der Waals surface area contributed by atoms with Gasteiger partial charge in [-0.25, -0.2) is 0 Å². The van der Waals surface area contributed by atoms with Crippen LogP contribution in [-0.4, -0.2) is 0 Å². The fourth-order valence-corrected chi connectivity index (χ4v) is 6.73. The number of hydrogen-bond acceptors (Lipinski definition) is 0. The Balaban J connectivity index is 1.74. The molecule has 0 aromatic rings. The highest BCUT2D eigenvalue weighted by Crippen LogP contribution is 2.75. The Morgan fingerprint density at radius 3 is 1.80 bits per heavy atom. The van der Waals surface area contributed by atoms with E-state index in [0.29, 0.717) is 0 Å². The lowest BCUT2D eigenvalue weighted by Crippen LogP contribution is -2.64.